The molecule has 1 aromatic heterocycles. The van der Waals surface area contributed by atoms with Gasteiger partial charge in [0.2, 0.25) is 5.91 Å². The molecular weight excluding hydrogens is 412 g/mol. The second-order valence-corrected chi connectivity index (χ2v) is 8.22. The van der Waals surface area contributed by atoms with Crippen LogP contribution in [0.4, 0.5) is 16.2 Å². The standard InChI is InChI=1S/C22H30N6O4/c1-16(28-15-23-14-24-28)21(29)25-17-6-8-18(9-7-17)26-22(30)27(12-19-4-2-10-31-19)13-20-5-3-11-32-20/h6-9,14-16,19-20H,2-5,10-13H2,1H3,(H,25,29)(H,26,30)/t16-,19-,20-/m0/s1. The highest BCUT2D eigenvalue weighted by Crippen LogP contribution is 2.20. The van der Waals surface area contributed by atoms with Crippen molar-refractivity contribution in [2.24, 2.45) is 0 Å². The predicted molar refractivity (Wildman–Crippen MR) is 118 cm³/mol. The van der Waals surface area contributed by atoms with Crippen molar-refractivity contribution in [1.29, 1.82) is 0 Å². The van der Waals surface area contributed by atoms with Crippen LogP contribution < -0.4 is 10.6 Å². The Labute approximate surface area is 187 Å². The average Bonchev–Trinajstić information content (AvgIpc) is 3.57. The van der Waals surface area contributed by atoms with Crippen LogP contribution in [0.2, 0.25) is 0 Å². The number of nitrogens with one attached hydrogen (secondary N) is 2. The van der Waals surface area contributed by atoms with Gasteiger partial charge in [-0.05, 0) is 56.9 Å². The van der Waals surface area contributed by atoms with E-state index in [9.17, 15) is 9.59 Å². The zero-order valence-electron chi connectivity index (χ0n) is 18.3. The van der Waals surface area contributed by atoms with Crippen molar-refractivity contribution in [3.63, 3.8) is 0 Å². The zero-order chi connectivity index (χ0) is 22.3. The van der Waals surface area contributed by atoms with Crippen molar-refractivity contribution >= 4 is 23.3 Å². The number of anilines is 2. The minimum atomic E-state index is -0.485. The molecule has 0 bridgehead atoms. The van der Waals surface area contributed by atoms with Crippen molar-refractivity contribution < 1.29 is 19.1 Å². The number of hydrogen-bond acceptors (Lipinski definition) is 6. The Morgan fingerprint density at radius 2 is 1.66 bits per heavy atom. The first-order valence-corrected chi connectivity index (χ1v) is 11.1. The number of aromatic nitrogens is 3. The number of nitrogens with zero attached hydrogens (tertiary/aromatic N) is 4. The van der Waals surface area contributed by atoms with E-state index in [1.807, 2.05) is 0 Å². The highest BCUT2D eigenvalue weighted by atomic mass is 16.5. The molecule has 2 aromatic rings. The summed E-state index contributed by atoms with van der Waals surface area (Å²) >= 11 is 0. The number of urea groups is 1. The lowest BCUT2D eigenvalue weighted by Gasteiger charge is -2.28. The molecule has 0 unspecified atom stereocenters. The summed E-state index contributed by atoms with van der Waals surface area (Å²) in [5, 5.41) is 9.79. The second-order valence-electron chi connectivity index (χ2n) is 8.22. The molecule has 0 saturated carbocycles. The molecule has 3 heterocycles. The lowest BCUT2D eigenvalue weighted by atomic mass is 10.2. The van der Waals surface area contributed by atoms with Gasteiger partial charge in [-0.15, -0.1) is 0 Å². The lowest BCUT2D eigenvalue weighted by molar-refractivity contribution is -0.119. The maximum atomic E-state index is 13.0. The molecule has 32 heavy (non-hydrogen) atoms. The summed E-state index contributed by atoms with van der Waals surface area (Å²) in [7, 11) is 0. The SMILES string of the molecule is C[C@@H](C(=O)Nc1ccc(NC(=O)N(C[C@@H]2CCCO2)C[C@@H]2CCCO2)cc1)n1cncn1. The Morgan fingerprint density at radius 1 is 1.06 bits per heavy atom. The van der Waals surface area contributed by atoms with Crippen LogP contribution in [0.3, 0.4) is 0 Å². The molecule has 2 N–H and O–H groups in total. The van der Waals surface area contributed by atoms with E-state index < -0.39 is 6.04 Å². The number of hydrogen-bond donors (Lipinski definition) is 2. The van der Waals surface area contributed by atoms with Gasteiger partial charge in [-0.1, -0.05) is 0 Å². The molecule has 0 radical (unpaired) electrons. The van der Waals surface area contributed by atoms with Gasteiger partial charge >= 0.3 is 6.03 Å². The molecule has 0 spiro atoms. The van der Waals surface area contributed by atoms with Gasteiger partial charge in [-0.3, -0.25) is 4.79 Å². The van der Waals surface area contributed by atoms with E-state index in [0.29, 0.717) is 24.5 Å². The highest BCUT2D eigenvalue weighted by molar-refractivity contribution is 5.94. The Bertz CT molecular complexity index is 858. The van der Waals surface area contributed by atoms with Crippen molar-refractivity contribution in [1.82, 2.24) is 19.7 Å². The van der Waals surface area contributed by atoms with Crippen LogP contribution in [-0.2, 0) is 14.3 Å². The summed E-state index contributed by atoms with van der Waals surface area (Å²) in [5.41, 5.74) is 1.29. The minimum Gasteiger partial charge on any atom is -0.376 e. The fourth-order valence-corrected chi connectivity index (χ4v) is 3.93. The molecule has 1 aromatic carbocycles. The van der Waals surface area contributed by atoms with Gasteiger partial charge in [0.15, 0.2) is 0 Å². The smallest absolute Gasteiger partial charge is 0.322 e. The molecule has 172 valence electrons. The van der Waals surface area contributed by atoms with E-state index in [1.54, 1.807) is 36.1 Å². The Kier molecular flexibility index (Phi) is 7.33. The maximum Gasteiger partial charge on any atom is 0.322 e. The van der Waals surface area contributed by atoms with Crippen LogP contribution in [0.1, 0.15) is 38.6 Å². The lowest BCUT2D eigenvalue weighted by Crippen LogP contribution is -2.44. The average molecular weight is 443 g/mol. The summed E-state index contributed by atoms with van der Waals surface area (Å²) in [4.78, 5) is 31.0. The van der Waals surface area contributed by atoms with Gasteiger partial charge in [0.05, 0.1) is 12.2 Å². The first kappa shape index (κ1) is 22.2. The number of amides is 3. The number of carbonyl (C=O) groups is 2. The van der Waals surface area contributed by atoms with Crippen LogP contribution in [0.25, 0.3) is 0 Å². The van der Waals surface area contributed by atoms with E-state index in [0.717, 1.165) is 38.9 Å². The molecule has 2 aliphatic heterocycles. The maximum absolute atomic E-state index is 13.0. The van der Waals surface area contributed by atoms with Crippen molar-refractivity contribution in [2.45, 2.75) is 50.9 Å². The molecule has 4 rings (SSSR count). The van der Waals surface area contributed by atoms with Crippen LogP contribution in [0, 0.1) is 0 Å². The number of benzene rings is 1. The zero-order valence-corrected chi connectivity index (χ0v) is 18.3. The molecule has 3 amide bonds. The molecule has 2 fully saturated rings. The van der Waals surface area contributed by atoms with Gasteiger partial charge in [-0.25, -0.2) is 14.5 Å². The van der Waals surface area contributed by atoms with Crippen LogP contribution in [0.5, 0.6) is 0 Å². The Balaban J connectivity index is 1.33. The minimum absolute atomic E-state index is 0.0757. The van der Waals surface area contributed by atoms with E-state index in [1.165, 1.54) is 17.3 Å². The molecule has 0 aliphatic carbocycles. The highest BCUT2D eigenvalue weighted by Gasteiger charge is 2.27. The second kappa shape index (κ2) is 10.6. The molecule has 10 heteroatoms. The fourth-order valence-electron chi connectivity index (χ4n) is 3.93. The molecular formula is C22H30N6O4. The van der Waals surface area contributed by atoms with Gasteiger partial charge in [0.1, 0.15) is 18.7 Å². The summed E-state index contributed by atoms with van der Waals surface area (Å²) in [6.07, 6.45) is 7.04. The Morgan fingerprint density at radius 3 is 2.16 bits per heavy atom. The van der Waals surface area contributed by atoms with E-state index >= 15 is 0 Å². The first-order chi connectivity index (χ1) is 15.6. The van der Waals surface area contributed by atoms with Crippen molar-refractivity contribution in [3.8, 4) is 0 Å². The quantitative estimate of drug-likeness (QED) is 0.650. The van der Waals surface area contributed by atoms with Crippen LogP contribution in [0.15, 0.2) is 36.9 Å². The van der Waals surface area contributed by atoms with Gasteiger partial charge in [0, 0.05) is 37.7 Å². The summed E-state index contributed by atoms with van der Waals surface area (Å²) in [5.74, 6) is -0.202. The van der Waals surface area contributed by atoms with Crippen molar-refractivity contribution in [3.05, 3.63) is 36.9 Å². The summed E-state index contributed by atoms with van der Waals surface area (Å²) in [6.45, 7) is 4.36. The third-order valence-corrected chi connectivity index (χ3v) is 5.80. The predicted octanol–water partition coefficient (Wildman–Crippen LogP) is 2.67. The molecule has 2 saturated heterocycles. The van der Waals surface area contributed by atoms with Gasteiger partial charge < -0.3 is 25.0 Å². The molecule has 10 nitrogen and oxygen atoms in total. The normalized spacial score (nSPS) is 21.3. The van der Waals surface area contributed by atoms with E-state index in [2.05, 4.69) is 20.7 Å². The van der Waals surface area contributed by atoms with Crippen LogP contribution in [-0.4, -0.2) is 70.1 Å². The summed E-state index contributed by atoms with van der Waals surface area (Å²) in [6, 6.07) is 6.39. The largest absolute Gasteiger partial charge is 0.376 e. The van der Waals surface area contributed by atoms with E-state index in [4.69, 9.17) is 9.47 Å². The molecule has 3 atom stereocenters. The van der Waals surface area contributed by atoms with Crippen LogP contribution >= 0.6 is 0 Å². The number of carbonyl (C=O) groups excluding carboxylic acids is 2. The first-order valence-electron chi connectivity index (χ1n) is 11.1. The number of ether oxygens (including phenoxy) is 2. The van der Waals surface area contributed by atoms with Gasteiger partial charge in [-0.2, -0.15) is 5.10 Å². The molecule has 2 aliphatic rings. The Hall–Kier alpha value is -2.98. The monoisotopic (exact) mass is 442 g/mol. The third kappa shape index (κ3) is 5.83. The van der Waals surface area contributed by atoms with E-state index in [-0.39, 0.29) is 24.1 Å². The third-order valence-electron chi connectivity index (χ3n) is 5.80. The number of rotatable bonds is 8. The topological polar surface area (TPSA) is 111 Å². The summed E-state index contributed by atoms with van der Waals surface area (Å²) < 4.78 is 13.0. The fraction of sp³-hybridized carbons (Fsp3) is 0.545. The van der Waals surface area contributed by atoms with Gasteiger partial charge in [0.25, 0.3) is 0 Å². The van der Waals surface area contributed by atoms with Crippen molar-refractivity contribution in [2.75, 3.05) is 36.9 Å².